The minimum atomic E-state index is -0.367. The second kappa shape index (κ2) is 19.6. The van der Waals surface area contributed by atoms with Crippen LogP contribution >= 0.6 is 11.6 Å². The summed E-state index contributed by atoms with van der Waals surface area (Å²) in [6, 6.07) is 16.7. The molecule has 2 atom stereocenters. The molecular weight excluding hydrogens is 556 g/mol. The molecule has 230 valence electrons. The van der Waals surface area contributed by atoms with E-state index in [4.69, 9.17) is 21.6 Å². The van der Waals surface area contributed by atoms with Gasteiger partial charge in [0.15, 0.2) is 0 Å². The van der Waals surface area contributed by atoms with Crippen molar-refractivity contribution < 1.29 is 18.3 Å². The van der Waals surface area contributed by atoms with Crippen molar-refractivity contribution in [3.8, 4) is 12.3 Å². The number of carbonyl (C=O) groups is 1. The molecule has 1 aliphatic rings. The lowest BCUT2D eigenvalue weighted by Crippen LogP contribution is -2.35. The Kier molecular flexibility index (Phi) is 18.0. The van der Waals surface area contributed by atoms with Gasteiger partial charge in [-0.1, -0.05) is 83.5 Å². The Morgan fingerprint density at radius 3 is 2.02 bits per heavy atom. The third-order valence-corrected chi connectivity index (χ3v) is 5.79. The van der Waals surface area contributed by atoms with Crippen molar-refractivity contribution in [3.05, 3.63) is 94.0 Å². The van der Waals surface area contributed by atoms with Crippen molar-refractivity contribution >= 4 is 23.2 Å². The molecule has 0 aromatic heterocycles. The van der Waals surface area contributed by atoms with E-state index >= 15 is 0 Å². The lowest BCUT2D eigenvalue weighted by molar-refractivity contribution is -0.117. The first kappa shape index (κ1) is 38.5. The van der Waals surface area contributed by atoms with Crippen LogP contribution in [0, 0.1) is 42.7 Å². The molecule has 4 rings (SSSR count). The number of rotatable bonds is 4. The first-order chi connectivity index (χ1) is 19.8. The summed E-state index contributed by atoms with van der Waals surface area (Å²) >= 11 is 5.33. The van der Waals surface area contributed by atoms with E-state index in [0.29, 0.717) is 35.4 Å². The molecule has 0 bridgehead atoms. The molecule has 42 heavy (non-hydrogen) atoms. The molecule has 0 radical (unpaired) electrons. The van der Waals surface area contributed by atoms with Crippen LogP contribution in [0.3, 0.4) is 0 Å². The van der Waals surface area contributed by atoms with Gasteiger partial charge in [0.25, 0.3) is 0 Å². The maximum absolute atomic E-state index is 14.2. The molecule has 1 aliphatic heterocycles. The Balaban J connectivity index is 0.000000812. The highest BCUT2D eigenvalue weighted by atomic mass is 35.5. The quantitative estimate of drug-likeness (QED) is 0.312. The largest absolute Gasteiger partial charge is 0.495 e. The number of hydrogen-bond acceptors (Lipinski definition) is 4. The van der Waals surface area contributed by atoms with E-state index in [1.807, 2.05) is 58.0 Å². The number of benzene rings is 3. The van der Waals surface area contributed by atoms with E-state index in [9.17, 15) is 13.6 Å². The summed E-state index contributed by atoms with van der Waals surface area (Å²) in [7, 11) is 1.58. The van der Waals surface area contributed by atoms with Crippen LogP contribution in [0.1, 0.15) is 70.6 Å². The Bertz CT molecular complexity index is 1230. The molecule has 1 heterocycles. The molecule has 2 N–H and O–H groups in total. The second-order valence-electron chi connectivity index (χ2n) is 11.0. The van der Waals surface area contributed by atoms with E-state index in [0.717, 1.165) is 11.1 Å². The summed E-state index contributed by atoms with van der Waals surface area (Å²) in [6.07, 6.45) is 0.569. The van der Waals surface area contributed by atoms with Gasteiger partial charge in [0.2, 0.25) is 5.91 Å². The molecule has 0 aliphatic carbocycles. The van der Waals surface area contributed by atoms with Gasteiger partial charge in [-0.15, -0.1) is 0 Å². The minimum absolute atomic E-state index is 0.00346. The summed E-state index contributed by atoms with van der Waals surface area (Å²) < 4.78 is 31.7. The zero-order valence-corrected chi connectivity index (χ0v) is 27.1. The average molecular weight is 602 g/mol. The van der Waals surface area contributed by atoms with Gasteiger partial charge in [0.05, 0.1) is 23.9 Å². The number of carbonyl (C=O) groups excluding carboxylic acids is 1. The highest BCUT2D eigenvalue weighted by Gasteiger charge is 2.32. The highest BCUT2D eigenvalue weighted by molar-refractivity contribution is 6.30. The van der Waals surface area contributed by atoms with Gasteiger partial charge in [0.1, 0.15) is 17.4 Å². The van der Waals surface area contributed by atoms with Crippen LogP contribution < -0.4 is 15.4 Å². The molecular formula is C34H46ClF2N3O2. The van der Waals surface area contributed by atoms with Crippen molar-refractivity contribution in [1.82, 2.24) is 5.32 Å². The van der Waals surface area contributed by atoms with Crippen molar-refractivity contribution in [2.24, 2.45) is 5.41 Å². The standard InChI is InChI=1S/C20H23FN2O2.C6H4ClF.C5H12.C2H6.CHN/c1-12-4-6-15(16(21)8-12)14-10-18(22-11-14)20(24)23-17-7-5-13(2)9-19(17)25-3;7-5-3-1-2-4-6(5)8;1-5(2,3)4;2*1-2/h4-9,14,18,22H,10-11H2,1-3H3,(H,23,24);1-4H;1-4H3;1-2H3;1H/t14-,18-;;;;/m0..../s1. The van der Waals surface area contributed by atoms with E-state index in [-0.39, 0.29) is 34.5 Å². The Morgan fingerprint density at radius 1 is 0.976 bits per heavy atom. The van der Waals surface area contributed by atoms with Crippen molar-refractivity contribution in [3.63, 3.8) is 0 Å². The molecule has 3 aromatic carbocycles. The monoisotopic (exact) mass is 601 g/mol. The van der Waals surface area contributed by atoms with Gasteiger partial charge in [-0.3, -0.25) is 4.79 Å². The molecule has 0 saturated carbocycles. The number of nitrogens with zero attached hydrogens (tertiary/aromatic N) is 1. The maximum atomic E-state index is 14.2. The number of nitriles is 1. The van der Waals surface area contributed by atoms with Gasteiger partial charge in [-0.25, -0.2) is 14.0 Å². The van der Waals surface area contributed by atoms with E-state index in [1.165, 1.54) is 12.1 Å². The fraction of sp³-hybridized carbons (Fsp3) is 0.412. The summed E-state index contributed by atoms with van der Waals surface area (Å²) in [5.41, 5.74) is 3.77. The molecule has 0 spiro atoms. The second-order valence-corrected chi connectivity index (χ2v) is 11.4. The van der Waals surface area contributed by atoms with Crippen molar-refractivity contribution in [2.45, 2.75) is 73.8 Å². The van der Waals surface area contributed by atoms with Gasteiger partial charge in [-0.2, -0.15) is 0 Å². The zero-order chi connectivity index (χ0) is 32.5. The third-order valence-electron chi connectivity index (χ3n) is 5.48. The number of halogens is 3. The predicted molar refractivity (Wildman–Crippen MR) is 171 cm³/mol. The van der Waals surface area contributed by atoms with Crippen LogP contribution in [0.2, 0.25) is 5.02 Å². The van der Waals surface area contributed by atoms with Crippen LogP contribution in [-0.2, 0) is 4.79 Å². The third kappa shape index (κ3) is 14.4. The Morgan fingerprint density at radius 2 is 1.52 bits per heavy atom. The maximum Gasteiger partial charge on any atom is 0.241 e. The topological polar surface area (TPSA) is 74.1 Å². The fourth-order valence-corrected chi connectivity index (χ4v) is 3.83. The molecule has 1 fully saturated rings. The van der Waals surface area contributed by atoms with Gasteiger partial charge in [0, 0.05) is 19.0 Å². The number of amides is 1. The van der Waals surface area contributed by atoms with Gasteiger partial charge >= 0.3 is 0 Å². The number of hydrogen-bond donors (Lipinski definition) is 2. The number of nitrogens with one attached hydrogen (secondary N) is 2. The van der Waals surface area contributed by atoms with Crippen molar-refractivity contribution in [1.29, 1.82) is 5.26 Å². The van der Waals surface area contributed by atoms with Crippen LogP contribution in [0.5, 0.6) is 5.75 Å². The first-order valence-corrected chi connectivity index (χ1v) is 14.3. The van der Waals surface area contributed by atoms with Crippen LogP contribution in [0.25, 0.3) is 0 Å². The molecule has 0 unspecified atom stereocenters. The fourth-order valence-electron chi connectivity index (χ4n) is 3.70. The smallest absolute Gasteiger partial charge is 0.241 e. The first-order valence-electron chi connectivity index (χ1n) is 13.9. The zero-order valence-electron chi connectivity index (χ0n) is 26.3. The lowest BCUT2D eigenvalue weighted by Gasteiger charge is -2.15. The summed E-state index contributed by atoms with van der Waals surface area (Å²) in [4.78, 5) is 12.6. The van der Waals surface area contributed by atoms with Crippen molar-refractivity contribution in [2.75, 3.05) is 19.0 Å². The normalized spacial score (nSPS) is 15.1. The SMILES string of the molecule is C#N.CC.CC(C)(C)C.COc1cc(C)ccc1NC(=O)[C@@H]1C[C@H](c2ccc(C)cc2F)CN1.Fc1ccccc1Cl. The van der Waals surface area contributed by atoms with E-state index < -0.39 is 0 Å². The van der Waals surface area contributed by atoms with E-state index in [1.54, 1.807) is 25.3 Å². The van der Waals surface area contributed by atoms with E-state index in [2.05, 4.69) is 44.9 Å². The van der Waals surface area contributed by atoms with Gasteiger partial charge in [-0.05, 0) is 72.7 Å². The number of anilines is 1. The molecule has 3 aromatic rings. The average Bonchev–Trinajstić information content (AvgIpc) is 3.43. The molecule has 1 saturated heterocycles. The molecule has 8 heteroatoms. The highest BCUT2D eigenvalue weighted by Crippen LogP contribution is 2.30. The summed E-state index contributed by atoms with van der Waals surface area (Å²) in [6.45, 7) is 20.7. The summed E-state index contributed by atoms with van der Waals surface area (Å²) in [5, 5.41) is 12.8. The number of aryl methyl sites for hydroxylation is 2. The lowest BCUT2D eigenvalue weighted by atomic mass is 9.94. The van der Waals surface area contributed by atoms with Crippen LogP contribution in [0.15, 0.2) is 60.7 Å². The number of ether oxygens (including phenoxy) is 1. The predicted octanol–water partition coefficient (Wildman–Crippen LogP) is 9.23. The van der Waals surface area contributed by atoms with Gasteiger partial charge < -0.3 is 15.4 Å². The Labute approximate surface area is 256 Å². The van der Waals surface area contributed by atoms with Crippen LogP contribution in [0.4, 0.5) is 14.5 Å². The molecule has 1 amide bonds. The number of methoxy groups -OCH3 is 1. The van der Waals surface area contributed by atoms with Crippen LogP contribution in [-0.4, -0.2) is 25.6 Å². The Hall–Kier alpha value is -3.47. The summed E-state index contributed by atoms with van der Waals surface area (Å²) in [5.74, 6) is -0.0665. The molecule has 5 nitrogen and oxygen atoms in total. The minimum Gasteiger partial charge on any atom is -0.495 e.